The monoisotopic (exact) mass is 258 g/mol. The predicted molar refractivity (Wildman–Crippen MR) is 70.6 cm³/mol. The largest absolute Gasteiger partial charge is 0.399 e. The van der Waals surface area contributed by atoms with Crippen LogP contribution in [0.4, 0.5) is 11.6 Å². The molecule has 0 spiro atoms. The van der Waals surface area contributed by atoms with Crippen molar-refractivity contribution < 1.29 is 4.79 Å². The molecule has 0 radical (unpaired) electrons. The van der Waals surface area contributed by atoms with Crippen LogP contribution in [0.25, 0.3) is 0 Å². The Hall–Kier alpha value is -2.57. The van der Waals surface area contributed by atoms with Crippen LogP contribution in [0, 0.1) is 0 Å². The van der Waals surface area contributed by atoms with Crippen molar-refractivity contribution in [2.24, 2.45) is 5.73 Å². The molecule has 19 heavy (non-hydrogen) atoms. The quantitative estimate of drug-likeness (QED) is 0.673. The van der Waals surface area contributed by atoms with Crippen molar-refractivity contribution in [1.29, 1.82) is 0 Å². The average Bonchev–Trinajstić information content (AvgIpc) is 2.83. The van der Waals surface area contributed by atoms with Crippen LogP contribution < -0.4 is 16.8 Å². The maximum absolute atomic E-state index is 11.1. The highest BCUT2D eigenvalue weighted by Crippen LogP contribution is 2.28. The normalized spacial score (nSPS) is 17.6. The number of hydrogen-bond donors (Lipinski definition) is 3. The predicted octanol–water partition coefficient (Wildman–Crippen LogP) is 0.364. The molecule has 1 unspecified atom stereocenters. The Morgan fingerprint density at radius 2 is 2.11 bits per heavy atom. The van der Waals surface area contributed by atoms with Gasteiger partial charge in [-0.3, -0.25) is 4.79 Å². The van der Waals surface area contributed by atoms with E-state index in [9.17, 15) is 4.79 Å². The van der Waals surface area contributed by atoms with Gasteiger partial charge in [-0.1, -0.05) is 12.1 Å². The molecule has 2 aromatic rings. The van der Waals surface area contributed by atoms with Gasteiger partial charge in [0, 0.05) is 12.2 Å². The maximum atomic E-state index is 11.1. The molecule has 1 aromatic heterocycles. The van der Waals surface area contributed by atoms with E-state index in [2.05, 4.69) is 15.4 Å². The summed E-state index contributed by atoms with van der Waals surface area (Å²) in [6.45, 7) is 0.770. The van der Waals surface area contributed by atoms with E-state index in [1.54, 1.807) is 4.68 Å². The molecule has 1 aromatic carbocycles. The summed E-state index contributed by atoms with van der Waals surface area (Å²) in [5, 5.41) is 7.27. The highest BCUT2D eigenvalue weighted by atomic mass is 16.1. The number of fused-ring (bicyclic) bond motifs is 1. The molecule has 1 aliphatic rings. The second-order valence-corrected chi connectivity index (χ2v) is 4.47. The second kappa shape index (κ2) is 4.27. The third-order valence-electron chi connectivity index (χ3n) is 3.17. The number of nitrogens with one attached hydrogen (secondary N) is 1. The number of primary amides is 1. The average molecular weight is 258 g/mol. The Bertz CT molecular complexity index is 618. The van der Waals surface area contributed by atoms with Gasteiger partial charge < -0.3 is 16.8 Å². The lowest BCUT2D eigenvalue weighted by atomic mass is 10.0. The zero-order valence-electron chi connectivity index (χ0n) is 10.2. The van der Waals surface area contributed by atoms with Gasteiger partial charge in [0.25, 0.3) is 5.91 Å². The Labute approximate surface area is 109 Å². The number of nitrogens with two attached hydrogens (primary N) is 2. The third-order valence-corrected chi connectivity index (χ3v) is 3.17. The zero-order chi connectivity index (χ0) is 13.4. The van der Waals surface area contributed by atoms with Crippen molar-refractivity contribution in [1.82, 2.24) is 14.8 Å². The Morgan fingerprint density at radius 1 is 1.37 bits per heavy atom. The van der Waals surface area contributed by atoms with E-state index >= 15 is 0 Å². The fourth-order valence-electron chi connectivity index (χ4n) is 2.23. The number of rotatable bonds is 2. The molecular weight excluding hydrogens is 244 g/mol. The number of nitrogens with zero attached hydrogens (tertiary/aromatic N) is 3. The van der Waals surface area contributed by atoms with Crippen molar-refractivity contribution in [3.63, 3.8) is 0 Å². The summed E-state index contributed by atoms with van der Waals surface area (Å²) in [6.07, 6.45) is 0.860. The minimum absolute atomic E-state index is 0.0323. The standard InChI is InChI=1S/C12H14N6O/c13-8-3-1-7(2-4-8)9-5-6-15-12-16-11(10(14)19)17-18(9)12/h1-4,9H,5-6,13H2,(H2,14,19)(H,15,16,17). The molecule has 7 nitrogen and oxygen atoms in total. The van der Waals surface area contributed by atoms with Gasteiger partial charge in [0.05, 0.1) is 6.04 Å². The van der Waals surface area contributed by atoms with Crippen molar-refractivity contribution in [2.75, 3.05) is 17.6 Å². The summed E-state index contributed by atoms with van der Waals surface area (Å²) in [4.78, 5) is 15.2. The summed E-state index contributed by atoms with van der Waals surface area (Å²) in [5.74, 6) is -0.0218. The Balaban J connectivity index is 2.02. The smallest absolute Gasteiger partial charge is 0.288 e. The molecule has 0 bridgehead atoms. The molecule has 98 valence electrons. The van der Waals surface area contributed by atoms with E-state index in [4.69, 9.17) is 11.5 Å². The molecule has 5 N–H and O–H groups in total. The van der Waals surface area contributed by atoms with E-state index < -0.39 is 5.91 Å². The minimum Gasteiger partial charge on any atom is -0.399 e. The molecule has 1 aliphatic heterocycles. The summed E-state index contributed by atoms with van der Waals surface area (Å²) in [5.41, 5.74) is 12.7. The second-order valence-electron chi connectivity index (χ2n) is 4.47. The molecule has 0 fully saturated rings. The zero-order valence-corrected chi connectivity index (χ0v) is 10.2. The van der Waals surface area contributed by atoms with Gasteiger partial charge in [-0.25, -0.2) is 4.68 Å². The van der Waals surface area contributed by atoms with Crippen LogP contribution in [0.3, 0.4) is 0 Å². The first-order chi connectivity index (χ1) is 9.15. The van der Waals surface area contributed by atoms with Crippen molar-refractivity contribution in [3.8, 4) is 0 Å². The highest BCUT2D eigenvalue weighted by molar-refractivity contribution is 5.89. The molecule has 3 rings (SSSR count). The number of nitrogen functional groups attached to an aromatic ring is 1. The molecule has 2 heterocycles. The lowest BCUT2D eigenvalue weighted by molar-refractivity contribution is 0.0990. The molecule has 1 atom stereocenters. The van der Waals surface area contributed by atoms with E-state index in [0.717, 1.165) is 18.5 Å². The Kier molecular flexibility index (Phi) is 2.59. The van der Waals surface area contributed by atoms with E-state index in [0.29, 0.717) is 11.6 Å². The number of carbonyl (C=O) groups excluding carboxylic acids is 1. The van der Waals surface area contributed by atoms with Gasteiger partial charge >= 0.3 is 0 Å². The van der Waals surface area contributed by atoms with E-state index in [1.807, 2.05) is 24.3 Å². The van der Waals surface area contributed by atoms with Crippen LogP contribution in [-0.2, 0) is 0 Å². The lowest BCUT2D eigenvalue weighted by Gasteiger charge is -2.24. The SMILES string of the molecule is NC(=O)c1nc2n(n1)C(c1ccc(N)cc1)CCN2. The number of benzene rings is 1. The van der Waals surface area contributed by atoms with Gasteiger partial charge in [0.15, 0.2) is 0 Å². The maximum Gasteiger partial charge on any atom is 0.288 e. The summed E-state index contributed by atoms with van der Waals surface area (Å²) >= 11 is 0. The van der Waals surface area contributed by atoms with Crippen LogP contribution in [0.5, 0.6) is 0 Å². The van der Waals surface area contributed by atoms with Crippen LogP contribution in [-0.4, -0.2) is 27.2 Å². The van der Waals surface area contributed by atoms with E-state index in [-0.39, 0.29) is 11.9 Å². The van der Waals surface area contributed by atoms with Crippen molar-refractivity contribution in [2.45, 2.75) is 12.5 Å². The van der Waals surface area contributed by atoms with Gasteiger partial charge in [-0.15, -0.1) is 5.10 Å². The van der Waals surface area contributed by atoms with Crippen LogP contribution >= 0.6 is 0 Å². The number of hydrogen-bond acceptors (Lipinski definition) is 5. The summed E-state index contributed by atoms with van der Waals surface area (Å²) in [7, 11) is 0. The number of aromatic nitrogens is 3. The van der Waals surface area contributed by atoms with Crippen LogP contribution in [0.1, 0.15) is 28.6 Å². The van der Waals surface area contributed by atoms with Crippen molar-refractivity contribution >= 4 is 17.5 Å². The summed E-state index contributed by atoms with van der Waals surface area (Å²) < 4.78 is 1.70. The number of amides is 1. The first-order valence-corrected chi connectivity index (χ1v) is 6.01. The minimum atomic E-state index is -0.625. The van der Waals surface area contributed by atoms with Crippen LogP contribution in [0.2, 0.25) is 0 Å². The fourth-order valence-corrected chi connectivity index (χ4v) is 2.23. The lowest BCUT2D eigenvalue weighted by Crippen LogP contribution is -2.24. The van der Waals surface area contributed by atoms with Crippen molar-refractivity contribution in [3.05, 3.63) is 35.7 Å². The first-order valence-electron chi connectivity index (χ1n) is 6.01. The third kappa shape index (κ3) is 1.99. The molecule has 0 saturated carbocycles. The highest BCUT2D eigenvalue weighted by Gasteiger charge is 2.25. The van der Waals surface area contributed by atoms with Gasteiger partial charge in [0.1, 0.15) is 0 Å². The van der Waals surface area contributed by atoms with Gasteiger partial charge in [-0.05, 0) is 24.1 Å². The van der Waals surface area contributed by atoms with E-state index in [1.165, 1.54) is 0 Å². The first kappa shape index (κ1) is 11.5. The molecule has 1 amide bonds. The molecule has 0 aliphatic carbocycles. The summed E-state index contributed by atoms with van der Waals surface area (Å²) in [6, 6.07) is 7.66. The molecule has 0 saturated heterocycles. The van der Waals surface area contributed by atoms with Gasteiger partial charge in [-0.2, -0.15) is 4.98 Å². The van der Waals surface area contributed by atoms with Crippen LogP contribution in [0.15, 0.2) is 24.3 Å². The molecular formula is C12H14N6O. The number of anilines is 2. The fraction of sp³-hybridized carbons (Fsp3) is 0.250. The van der Waals surface area contributed by atoms with Gasteiger partial charge in [0.2, 0.25) is 11.8 Å². The Morgan fingerprint density at radius 3 is 2.79 bits per heavy atom. The topological polar surface area (TPSA) is 112 Å². The number of carbonyl (C=O) groups is 1. The molecule has 7 heteroatoms.